The summed E-state index contributed by atoms with van der Waals surface area (Å²) in [6, 6.07) is 9.34. The van der Waals surface area contributed by atoms with E-state index in [2.05, 4.69) is 5.16 Å². The van der Waals surface area contributed by atoms with E-state index < -0.39 is 0 Å². The first kappa shape index (κ1) is 17.0. The van der Waals surface area contributed by atoms with Gasteiger partial charge in [0.05, 0.1) is 19.0 Å². The lowest BCUT2D eigenvalue weighted by atomic mass is 9.93. The summed E-state index contributed by atoms with van der Waals surface area (Å²) in [6.07, 6.45) is 3.87. The first-order valence-electron chi connectivity index (χ1n) is 8.18. The van der Waals surface area contributed by atoms with Gasteiger partial charge in [0.2, 0.25) is 11.8 Å². The topological polar surface area (TPSA) is 66.7 Å². The number of carbonyl (C=O) groups is 2. The first-order chi connectivity index (χ1) is 12.0. The Bertz CT molecular complexity index is 825. The van der Waals surface area contributed by atoms with E-state index in [0.717, 1.165) is 11.1 Å². The molecule has 0 saturated heterocycles. The van der Waals surface area contributed by atoms with E-state index in [1.165, 1.54) is 6.92 Å². The van der Waals surface area contributed by atoms with Crippen molar-refractivity contribution in [3.63, 3.8) is 0 Å². The van der Waals surface area contributed by atoms with Crippen LogP contribution in [0.2, 0.25) is 0 Å². The molecule has 0 unspecified atom stereocenters. The number of hydrogen-bond donors (Lipinski definition) is 0. The van der Waals surface area contributed by atoms with Crippen molar-refractivity contribution in [2.75, 3.05) is 7.05 Å². The number of rotatable bonds is 4. The van der Waals surface area contributed by atoms with E-state index in [9.17, 15) is 9.59 Å². The van der Waals surface area contributed by atoms with E-state index in [1.807, 2.05) is 43.3 Å². The minimum Gasteiger partial charge on any atom is -0.361 e. The summed E-state index contributed by atoms with van der Waals surface area (Å²) in [7, 11) is 1.73. The molecule has 2 heterocycles. The highest BCUT2D eigenvalue weighted by Gasteiger charge is 2.29. The number of benzene rings is 1. The molecule has 1 aromatic heterocycles. The third-order valence-corrected chi connectivity index (χ3v) is 4.34. The smallest absolute Gasteiger partial charge is 0.225 e. The lowest BCUT2D eigenvalue weighted by molar-refractivity contribution is -0.134. The van der Waals surface area contributed by atoms with Crippen LogP contribution in [0.1, 0.15) is 42.0 Å². The fourth-order valence-corrected chi connectivity index (χ4v) is 3.06. The van der Waals surface area contributed by atoms with Crippen LogP contribution in [-0.2, 0) is 16.1 Å². The Morgan fingerprint density at radius 1 is 1.32 bits per heavy atom. The molecule has 0 aliphatic carbocycles. The van der Waals surface area contributed by atoms with Crippen molar-refractivity contribution in [2.45, 2.75) is 32.9 Å². The minimum atomic E-state index is -0.298. The molecule has 25 heavy (non-hydrogen) atoms. The molecule has 0 N–H and O–H groups in total. The molecule has 1 aromatic carbocycles. The summed E-state index contributed by atoms with van der Waals surface area (Å²) in [5.74, 6) is 0.574. The molecular formula is C19H21N3O3. The monoisotopic (exact) mass is 339 g/mol. The van der Waals surface area contributed by atoms with E-state index in [4.69, 9.17) is 4.52 Å². The Labute approximate surface area is 146 Å². The van der Waals surface area contributed by atoms with Gasteiger partial charge in [-0.2, -0.15) is 0 Å². The van der Waals surface area contributed by atoms with Gasteiger partial charge in [0.15, 0.2) is 0 Å². The third-order valence-electron chi connectivity index (χ3n) is 4.34. The van der Waals surface area contributed by atoms with Crippen LogP contribution in [0.4, 0.5) is 0 Å². The molecule has 1 aliphatic heterocycles. The van der Waals surface area contributed by atoms with Crippen LogP contribution in [0.25, 0.3) is 6.08 Å². The second-order valence-corrected chi connectivity index (χ2v) is 6.27. The molecule has 0 bridgehead atoms. The van der Waals surface area contributed by atoms with Gasteiger partial charge in [0.25, 0.3) is 0 Å². The van der Waals surface area contributed by atoms with Crippen molar-refractivity contribution in [2.24, 2.45) is 0 Å². The van der Waals surface area contributed by atoms with Gasteiger partial charge in [0.1, 0.15) is 11.5 Å². The van der Waals surface area contributed by atoms with Crippen LogP contribution in [0.5, 0.6) is 0 Å². The maximum atomic E-state index is 12.7. The molecule has 130 valence electrons. The maximum Gasteiger partial charge on any atom is 0.225 e. The normalized spacial score (nSPS) is 15.8. The standard InChI is InChI=1S/C19H21N3O3/c1-13-10-16(20-25-13)12-21(3)19(24)11-18-17-7-5-4-6-15(17)8-9-22(18)14(2)23/h4-10,18H,11-12H2,1-3H3/t18-/m0/s1. The summed E-state index contributed by atoms with van der Waals surface area (Å²) in [6.45, 7) is 3.70. The fraction of sp³-hybridized carbons (Fsp3) is 0.316. The third kappa shape index (κ3) is 3.63. The number of fused-ring (bicyclic) bond motifs is 1. The number of carbonyl (C=O) groups excluding carboxylic acids is 2. The summed E-state index contributed by atoms with van der Waals surface area (Å²) in [5, 5.41) is 3.92. The highest BCUT2D eigenvalue weighted by atomic mass is 16.5. The average Bonchev–Trinajstić information content (AvgIpc) is 2.99. The molecule has 1 aliphatic rings. The molecule has 6 heteroatoms. The second kappa shape index (κ2) is 6.93. The Hall–Kier alpha value is -2.89. The second-order valence-electron chi connectivity index (χ2n) is 6.27. The zero-order chi connectivity index (χ0) is 18.0. The maximum absolute atomic E-state index is 12.7. The van der Waals surface area contributed by atoms with Crippen molar-refractivity contribution in [3.05, 3.63) is 59.1 Å². The van der Waals surface area contributed by atoms with Crippen LogP contribution in [0.15, 0.2) is 41.1 Å². The molecule has 0 radical (unpaired) electrons. The van der Waals surface area contributed by atoms with Gasteiger partial charge in [0, 0.05) is 26.2 Å². The lowest BCUT2D eigenvalue weighted by Gasteiger charge is -2.33. The molecular weight excluding hydrogens is 318 g/mol. The van der Waals surface area contributed by atoms with E-state index in [1.54, 1.807) is 23.0 Å². The molecule has 3 rings (SSSR count). The average molecular weight is 339 g/mol. The van der Waals surface area contributed by atoms with E-state index >= 15 is 0 Å². The lowest BCUT2D eigenvalue weighted by Crippen LogP contribution is -2.35. The SMILES string of the molecule is CC(=O)N1C=Cc2ccccc2[C@@H]1CC(=O)N(C)Cc1cc(C)on1. The van der Waals surface area contributed by atoms with Crippen molar-refractivity contribution >= 4 is 17.9 Å². The Kier molecular flexibility index (Phi) is 4.70. The van der Waals surface area contributed by atoms with Crippen LogP contribution < -0.4 is 0 Å². The molecule has 0 saturated carbocycles. The van der Waals surface area contributed by atoms with E-state index in [-0.39, 0.29) is 24.3 Å². The Morgan fingerprint density at radius 3 is 2.76 bits per heavy atom. The van der Waals surface area contributed by atoms with Crippen molar-refractivity contribution < 1.29 is 14.1 Å². The summed E-state index contributed by atoms with van der Waals surface area (Å²) in [4.78, 5) is 27.9. The highest BCUT2D eigenvalue weighted by Crippen LogP contribution is 2.33. The Morgan fingerprint density at radius 2 is 2.08 bits per heavy atom. The van der Waals surface area contributed by atoms with Crippen molar-refractivity contribution in [3.8, 4) is 0 Å². The van der Waals surface area contributed by atoms with Crippen molar-refractivity contribution in [1.82, 2.24) is 15.0 Å². The number of aryl methyl sites for hydroxylation is 1. The molecule has 2 amide bonds. The van der Waals surface area contributed by atoms with Gasteiger partial charge in [-0.1, -0.05) is 29.4 Å². The van der Waals surface area contributed by atoms with Gasteiger partial charge >= 0.3 is 0 Å². The predicted molar refractivity (Wildman–Crippen MR) is 93.1 cm³/mol. The van der Waals surface area contributed by atoms with Crippen LogP contribution in [0.3, 0.4) is 0 Å². The summed E-state index contributed by atoms with van der Waals surface area (Å²) < 4.78 is 5.04. The van der Waals surface area contributed by atoms with E-state index in [0.29, 0.717) is 18.0 Å². The fourth-order valence-electron chi connectivity index (χ4n) is 3.06. The van der Waals surface area contributed by atoms with Gasteiger partial charge < -0.3 is 14.3 Å². The zero-order valence-electron chi connectivity index (χ0n) is 14.6. The molecule has 2 aromatic rings. The predicted octanol–water partition coefficient (Wildman–Crippen LogP) is 2.91. The highest BCUT2D eigenvalue weighted by molar-refractivity contribution is 5.81. The molecule has 0 fully saturated rings. The summed E-state index contributed by atoms with van der Waals surface area (Å²) >= 11 is 0. The number of nitrogens with zero attached hydrogens (tertiary/aromatic N) is 3. The van der Waals surface area contributed by atoms with Gasteiger partial charge in [-0.15, -0.1) is 0 Å². The minimum absolute atomic E-state index is 0.0537. The molecule has 1 atom stereocenters. The number of hydrogen-bond acceptors (Lipinski definition) is 4. The Balaban J connectivity index is 1.77. The summed E-state index contributed by atoms with van der Waals surface area (Å²) in [5.41, 5.74) is 2.73. The van der Waals surface area contributed by atoms with Crippen molar-refractivity contribution in [1.29, 1.82) is 0 Å². The van der Waals surface area contributed by atoms with Crippen LogP contribution in [0, 0.1) is 6.92 Å². The van der Waals surface area contributed by atoms with Gasteiger partial charge in [-0.25, -0.2) is 0 Å². The van der Waals surface area contributed by atoms with Crippen LogP contribution in [-0.4, -0.2) is 33.8 Å². The van der Waals surface area contributed by atoms with Gasteiger partial charge in [-0.05, 0) is 24.1 Å². The first-order valence-corrected chi connectivity index (χ1v) is 8.18. The molecule has 6 nitrogen and oxygen atoms in total. The quantitative estimate of drug-likeness (QED) is 0.859. The number of amides is 2. The largest absolute Gasteiger partial charge is 0.361 e. The molecule has 0 spiro atoms. The van der Waals surface area contributed by atoms with Crippen LogP contribution >= 0.6 is 0 Å². The zero-order valence-corrected chi connectivity index (χ0v) is 14.6. The number of aromatic nitrogens is 1. The van der Waals surface area contributed by atoms with Gasteiger partial charge in [-0.3, -0.25) is 9.59 Å².